The molecule has 0 atom stereocenters. The van der Waals surface area contributed by atoms with E-state index in [2.05, 4.69) is 0 Å². The molecule has 0 bridgehead atoms. The molecule has 0 saturated carbocycles. The van der Waals surface area contributed by atoms with Crippen LogP contribution in [0.25, 0.3) is 33.1 Å². The van der Waals surface area contributed by atoms with Gasteiger partial charge in [-0.15, -0.1) is 0 Å². The molecule has 2 aromatic heterocycles. The van der Waals surface area contributed by atoms with Crippen LogP contribution in [0, 0.1) is 6.92 Å². The quantitative estimate of drug-likeness (QED) is 0.549. The van der Waals surface area contributed by atoms with Crippen LogP contribution in [-0.4, -0.2) is 24.1 Å². The molecular formula is C22H19NO5. The average Bonchev–Trinajstić information content (AvgIpc) is 2.65. The third-order valence-electron chi connectivity index (χ3n) is 4.74. The summed E-state index contributed by atoms with van der Waals surface area (Å²) < 4.78 is 10.8. The van der Waals surface area contributed by atoms with Gasteiger partial charge in [0.1, 0.15) is 16.9 Å². The molecule has 1 N–H and O–H groups in total. The highest BCUT2D eigenvalue weighted by molar-refractivity contribution is 5.97. The second-order valence-electron chi connectivity index (χ2n) is 7.09. The van der Waals surface area contributed by atoms with Gasteiger partial charge in [-0.2, -0.15) is 0 Å². The number of hydrogen-bond acceptors (Lipinski definition) is 6. The predicted octanol–water partition coefficient (Wildman–Crippen LogP) is 3.64. The van der Waals surface area contributed by atoms with Gasteiger partial charge in [-0.3, -0.25) is 0 Å². The number of nitrogens with zero attached hydrogens (tertiary/aromatic N) is 1. The summed E-state index contributed by atoms with van der Waals surface area (Å²) in [5, 5.41) is 11.9. The van der Waals surface area contributed by atoms with Crippen molar-refractivity contribution in [3.8, 4) is 16.9 Å². The summed E-state index contributed by atoms with van der Waals surface area (Å²) in [5.41, 5.74) is 1.43. The largest absolute Gasteiger partial charge is 0.507 e. The zero-order chi connectivity index (χ0) is 20.0. The summed E-state index contributed by atoms with van der Waals surface area (Å²) in [4.78, 5) is 26.8. The summed E-state index contributed by atoms with van der Waals surface area (Å²) in [6, 6.07) is 11.9. The Balaban J connectivity index is 2.09. The number of phenols is 1. The lowest BCUT2D eigenvalue weighted by Gasteiger charge is -2.15. The second-order valence-corrected chi connectivity index (χ2v) is 7.09. The van der Waals surface area contributed by atoms with Crippen molar-refractivity contribution in [1.29, 1.82) is 0 Å². The summed E-state index contributed by atoms with van der Waals surface area (Å²) >= 11 is 0. The van der Waals surface area contributed by atoms with Gasteiger partial charge in [0.15, 0.2) is 0 Å². The van der Waals surface area contributed by atoms with Crippen LogP contribution in [0.1, 0.15) is 11.1 Å². The Morgan fingerprint density at radius 2 is 1.75 bits per heavy atom. The molecule has 28 heavy (non-hydrogen) atoms. The molecule has 4 rings (SSSR count). The lowest BCUT2D eigenvalue weighted by Crippen LogP contribution is -2.12. The molecule has 0 aliphatic heterocycles. The molecule has 4 aromatic rings. The van der Waals surface area contributed by atoms with Crippen molar-refractivity contribution in [3.63, 3.8) is 0 Å². The first kappa shape index (κ1) is 18.0. The molecule has 0 amide bonds. The van der Waals surface area contributed by atoms with E-state index in [-0.39, 0.29) is 16.9 Å². The summed E-state index contributed by atoms with van der Waals surface area (Å²) in [7, 11) is 3.78. The number of rotatable bonds is 3. The molecule has 0 saturated heterocycles. The van der Waals surface area contributed by atoms with Gasteiger partial charge in [0.2, 0.25) is 0 Å². The zero-order valence-electron chi connectivity index (χ0n) is 15.8. The standard InChI is InChI=1S/C22H19NO5/c1-12-20(25)14(11-23(2)3)9-16-15(10-19(24)28-21(12)16)17-8-13-6-4-5-7-18(13)27-22(17)26/h4-10,25H,11H2,1-3H3. The Morgan fingerprint density at radius 3 is 2.50 bits per heavy atom. The molecule has 6 nitrogen and oxygen atoms in total. The monoisotopic (exact) mass is 377 g/mol. The van der Waals surface area contributed by atoms with Crippen molar-refractivity contribution in [2.24, 2.45) is 0 Å². The van der Waals surface area contributed by atoms with Gasteiger partial charge >= 0.3 is 11.3 Å². The third kappa shape index (κ3) is 2.97. The Hall–Kier alpha value is -3.38. The highest BCUT2D eigenvalue weighted by atomic mass is 16.4. The number of phenolic OH excluding ortho intramolecular Hbond substituents is 1. The van der Waals surface area contributed by atoms with Crippen molar-refractivity contribution >= 4 is 21.9 Å². The van der Waals surface area contributed by atoms with E-state index in [1.54, 1.807) is 31.2 Å². The van der Waals surface area contributed by atoms with Gasteiger partial charge in [-0.25, -0.2) is 9.59 Å². The van der Waals surface area contributed by atoms with Crippen LogP contribution in [0.15, 0.2) is 60.9 Å². The van der Waals surface area contributed by atoms with Crippen molar-refractivity contribution in [2.45, 2.75) is 13.5 Å². The first-order chi connectivity index (χ1) is 13.3. The SMILES string of the molecule is Cc1c(O)c(CN(C)C)cc2c(-c3cc4ccccc4oc3=O)cc(=O)oc12. The summed E-state index contributed by atoms with van der Waals surface area (Å²) in [6.07, 6.45) is 0. The van der Waals surface area contributed by atoms with Crippen molar-refractivity contribution in [2.75, 3.05) is 14.1 Å². The third-order valence-corrected chi connectivity index (χ3v) is 4.74. The molecule has 0 aliphatic carbocycles. The van der Waals surface area contributed by atoms with Crippen LogP contribution < -0.4 is 11.3 Å². The number of hydrogen-bond donors (Lipinski definition) is 1. The van der Waals surface area contributed by atoms with E-state index in [4.69, 9.17) is 8.83 Å². The van der Waals surface area contributed by atoms with E-state index < -0.39 is 11.3 Å². The molecule has 6 heteroatoms. The maximum absolute atomic E-state index is 12.6. The fraction of sp³-hybridized carbons (Fsp3) is 0.182. The Bertz CT molecular complexity index is 1330. The number of para-hydroxylation sites is 1. The second kappa shape index (κ2) is 6.65. The van der Waals surface area contributed by atoms with Crippen LogP contribution in [0.3, 0.4) is 0 Å². The maximum Gasteiger partial charge on any atom is 0.344 e. The molecular weight excluding hydrogens is 358 g/mol. The minimum absolute atomic E-state index is 0.0760. The van der Waals surface area contributed by atoms with Crippen LogP contribution in [0.4, 0.5) is 0 Å². The van der Waals surface area contributed by atoms with Gasteiger partial charge in [-0.05, 0) is 39.2 Å². The fourth-order valence-corrected chi connectivity index (χ4v) is 3.45. The van der Waals surface area contributed by atoms with Gasteiger partial charge < -0.3 is 18.8 Å². The lowest BCUT2D eigenvalue weighted by molar-refractivity contribution is 0.385. The Morgan fingerprint density at radius 1 is 1.00 bits per heavy atom. The maximum atomic E-state index is 12.6. The topological polar surface area (TPSA) is 83.9 Å². The molecule has 0 spiro atoms. The minimum Gasteiger partial charge on any atom is -0.507 e. The van der Waals surface area contributed by atoms with Crippen LogP contribution in [0.2, 0.25) is 0 Å². The molecule has 2 heterocycles. The van der Waals surface area contributed by atoms with Gasteiger partial charge in [0.25, 0.3) is 0 Å². The fourth-order valence-electron chi connectivity index (χ4n) is 3.45. The smallest absolute Gasteiger partial charge is 0.344 e. The molecule has 142 valence electrons. The summed E-state index contributed by atoms with van der Waals surface area (Å²) in [6.45, 7) is 2.18. The van der Waals surface area contributed by atoms with E-state index in [0.29, 0.717) is 34.2 Å². The number of fused-ring (bicyclic) bond motifs is 2. The summed E-state index contributed by atoms with van der Waals surface area (Å²) in [5.74, 6) is 0.0760. The Kier molecular flexibility index (Phi) is 4.28. The van der Waals surface area contributed by atoms with E-state index in [1.807, 2.05) is 31.1 Å². The molecule has 0 fully saturated rings. The van der Waals surface area contributed by atoms with Crippen LogP contribution >= 0.6 is 0 Å². The first-order valence-electron chi connectivity index (χ1n) is 8.82. The predicted molar refractivity (Wildman–Crippen MR) is 108 cm³/mol. The molecule has 2 aromatic carbocycles. The molecule has 0 unspecified atom stereocenters. The van der Waals surface area contributed by atoms with Crippen molar-refractivity contribution in [3.05, 3.63) is 74.4 Å². The van der Waals surface area contributed by atoms with Crippen LogP contribution in [-0.2, 0) is 6.54 Å². The number of aryl methyl sites for hydroxylation is 1. The lowest BCUT2D eigenvalue weighted by atomic mass is 9.97. The molecule has 0 radical (unpaired) electrons. The highest BCUT2D eigenvalue weighted by Crippen LogP contribution is 2.35. The van der Waals surface area contributed by atoms with E-state index in [0.717, 1.165) is 5.39 Å². The highest BCUT2D eigenvalue weighted by Gasteiger charge is 2.19. The average molecular weight is 377 g/mol. The zero-order valence-corrected chi connectivity index (χ0v) is 15.8. The number of aromatic hydroxyl groups is 1. The molecule has 0 aliphatic rings. The van der Waals surface area contributed by atoms with Gasteiger partial charge in [0, 0.05) is 40.1 Å². The van der Waals surface area contributed by atoms with Gasteiger partial charge in [-0.1, -0.05) is 18.2 Å². The van der Waals surface area contributed by atoms with Crippen molar-refractivity contribution < 1.29 is 13.9 Å². The van der Waals surface area contributed by atoms with E-state index >= 15 is 0 Å². The van der Waals surface area contributed by atoms with Gasteiger partial charge in [0.05, 0.1) is 5.56 Å². The first-order valence-corrected chi connectivity index (χ1v) is 8.82. The van der Waals surface area contributed by atoms with E-state index in [1.165, 1.54) is 6.07 Å². The minimum atomic E-state index is -0.599. The normalized spacial score (nSPS) is 11.6. The number of benzene rings is 2. The Labute approximate surface area is 160 Å². The van der Waals surface area contributed by atoms with Crippen LogP contribution in [0.5, 0.6) is 5.75 Å². The van der Waals surface area contributed by atoms with E-state index in [9.17, 15) is 14.7 Å². The van der Waals surface area contributed by atoms with Crippen molar-refractivity contribution in [1.82, 2.24) is 4.90 Å².